The zero-order chi connectivity index (χ0) is 11.8. The number of benzene rings is 1. The van der Waals surface area contributed by atoms with E-state index in [1.54, 1.807) is 0 Å². The van der Waals surface area contributed by atoms with Crippen LogP contribution in [0.1, 0.15) is 5.56 Å². The normalized spacial score (nSPS) is 19.4. The first kappa shape index (κ1) is 10.3. The summed E-state index contributed by atoms with van der Waals surface area (Å²) in [6.07, 6.45) is 2.58. The average molecular weight is 245 g/mol. The molecular weight excluding hydrogens is 234 g/mol. The molecule has 0 bridgehead atoms. The number of aromatic amines is 1. The van der Waals surface area contributed by atoms with Crippen LogP contribution >= 0.6 is 12.2 Å². The average Bonchev–Trinajstić information content (AvgIpc) is 2.85. The summed E-state index contributed by atoms with van der Waals surface area (Å²) >= 11 is 4.91. The van der Waals surface area contributed by atoms with Crippen molar-refractivity contribution < 1.29 is 4.79 Å². The Morgan fingerprint density at radius 1 is 1.29 bits per heavy atom. The van der Waals surface area contributed by atoms with Gasteiger partial charge in [0.05, 0.1) is 0 Å². The minimum absolute atomic E-state index is 0.0553. The van der Waals surface area contributed by atoms with Crippen LogP contribution < -0.4 is 10.6 Å². The van der Waals surface area contributed by atoms with Crippen LogP contribution in [0.3, 0.4) is 0 Å². The van der Waals surface area contributed by atoms with Crippen LogP contribution in [-0.4, -0.2) is 22.0 Å². The Bertz CT molecular complexity index is 605. The van der Waals surface area contributed by atoms with Gasteiger partial charge in [0.1, 0.15) is 6.04 Å². The molecule has 1 aliphatic heterocycles. The van der Waals surface area contributed by atoms with Crippen LogP contribution in [-0.2, 0) is 11.2 Å². The number of para-hydroxylation sites is 1. The number of H-pyrrole nitrogens is 1. The summed E-state index contributed by atoms with van der Waals surface area (Å²) in [5.41, 5.74) is 2.21. The quantitative estimate of drug-likeness (QED) is 0.694. The molecule has 2 heterocycles. The van der Waals surface area contributed by atoms with E-state index in [0.717, 1.165) is 16.5 Å². The fourth-order valence-corrected chi connectivity index (χ4v) is 2.37. The Labute approximate surface area is 103 Å². The van der Waals surface area contributed by atoms with Crippen LogP contribution in [0.15, 0.2) is 30.5 Å². The van der Waals surface area contributed by atoms with Crippen LogP contribution in [0.5, 0.6) is 0 Å². The summed E-state index contributed by atoms with van der Waals surface area (Å²) in [5, 5.41) is 7.13. The molecule has 3 rings (SSSR count). The Morgan fingerprint density at radius 3 is 2.88 bits per heavy atom. The fourth-order valence-electron chi connectivity index (χ4n) is 2.12. The third-order valence-corrected chi connectivity index (χ3v) is 3.18. The number of hydrogen-bond donors (Lipinski definition) is 3. The molecule has 5 heteroatoms. The van der Waals surface area contributed by atoms with Gasteiger partial charge in [0.25, 0.3) is 0 Å². The molecule has 1 aliphatic rings. The molecule has 0 unspecified atom stereocenters. The third-order valence-electron chi connectivity index (χ3n) is 2.96. The van der Waals surface area contributed by atoms with Crippen molar-refractivity contribution in [1.29, 1.82) is 0 Å². The molecule has 0 aliphatic carbocycles. The second kappa shape index (κ2) is 3.85. The number of carbonyl (C=O) groups is 1. The second-order valence-corrected chi connectivity index (χ2v) is 4.49. The number of fused-ring (bicyclic) bond motifs is 1. The topological polar surface area (TPSA) is 56.9 Å². The molecule has 17 heavy (non-hydrogen) atoms. The molecule has 0 radical (unpaired) electrons. The molecule has 1 aromatic heterocycles. The van der Waals surface area contributed by atoms with E-state index in [-0.39, 0.29) is 11.9 Å². The first-order valence-electron chi connectivity index (χ1n) is 5.40. The summed E-state index contributed by atoms with van der Waals surface area (Å²) < 4.78 is 0. The summed E-state index contributed by atoms with van der Waals surface area (Å²) in [7, 11) is 0. The van der Waals surface area contributed by atoms with Gasteiger partial charge in [-0.3, -0.25) is 4.79 Å². The smallest absolute Gasteiger partial charge is 0.249 e. The minimum Gasteiger partial charge on any atom is -0.361 e. The Morgan fingerprint density at radius 2 is 2.12 bits per heavy atom. The molecule has 2 aromatic rings. The number of aromatic nitrogens is 1. The lowest BCUT2D eigenvalue weighted by Crippen LogP contribution is -2.30. The summed E-state index contributed by atoms with van der Waals surface area (Å²) in [6.45, 7) is 0. The van der Waals surface area contributed by atoms with E-state index >= 15 is 0 Å². The molecule has 1 amide bonds. The van der Waals surface area contributed by atoms with Gasteiger partial charge in [0.15, 0.2) is 5.11 Å². The van der Waals surface area contributed by atoms with Crippen molar-refractivity contribution in [3.05, 3.63) is 36.0 Å². The first-order chi connectivity index (χ1) is 8.24. The van der Waals surface area contributed by atoms with E-state index in [1.165, 1.54) is 0 Å². The highest BCUT2D eigenvalue weighted by molar-refractivity contribution is 7.80. The first-order valence-corrected chi connectivity index (χ1v) is 5.81. The van der Waals surface area contributed by atoms with Gasteiger partial charge in [0, 0.05) is 23.5 Å². The van der Waals surface area contributed by atoms with Crippen LogP contribution in [0.4, 0.5) is 0 Å². The lowest BCUT2D eigenvalue weighted by molar-refractivity contribution is -0.120. The molecule has 1 aromatic carbocycles. The lowest BCUT2D eigenvalue weighted by Gasteiger charge is -2.06. The zero-order valence-electron chi connectivity index (χ0n) is 8.99. The summed E-state index contributed by atoms with van der Waals surface area (Å²) in [4.78, 5) is 14.8. The molecule has 86 valence electrons. The van der Waals surface area contributed by atoms with Crippen LogP contribution in [0, 0.1) is 0 Å². The van der Waals surface area contributed by atoms with E-state index < -0.39 is 0 Å². The Hall–Kier alpha value is -1.88. The monoisotopic (exact) mass is 245 g/mol. The second-order valence-electron chi connectivity index (χ2n) is 4.08. The van der Waals surface area contributed by atoms with Gasteiger partial charge in [-0.25, -0.2) is 0 Å². The summed E-state index contributed by atoms with van der Waals surface area (Å²) in [5.74, 6) is -0.0553. The molecule has 1 fully saturated rings. The van der Waals surface area contributed by atoms with Gasteiger partial charge in [-0.2, -0.15) is 0 Å². The Kier molecular flexibility index (Phi) is 2.33. The molecule has 0 saturated carbocycles. The molecule has 4 nitrogen and oxygen atoms in total. The van der Waals surface area contributed by atoms with Crippen molar-refractivity contribution in [3.63, 3.8) is 0 Å². The largest absolute Gasteiger partial charge is 0.361 e. The van der Waals surface area contributed by atoms with Crippen molar-refractivity contribution >= 4 is 34.1 Å². The van der Waals surface area contributed by atoms with Gasteiger partial charge in [-0.15, -0.1) is 0 Å². The highest BCUT2D eigenvalue weighted by Gasteiger charge is 2.27. The number of amides is 1. The maximum absolute atomic E-state index is 11.6. The minimum atomic E-state index is -0.262. The van der Waals surface area contributed by atoms with Gasteiger partial charge in [-0.05, 0) is 23.8 Å². The molecular formula is C12H11N3OS. The number of thiocarbonyl (C=S) groups is 1. The maximum atomic E-state index is 11.6. The van der Waals surface area contributed by atoms with E-state index in [4.69, 9.17) is 12.2 Å². The number of nitrogens with one attached hydrogen (secondary N) is 3. The lowest BCUT2D eigenvalue weighted by atomic mass is 10.1. The third kappa shape index (κ3) is 1.78. The van der Waals surface area contributed by atoms with Gasteiger partial charge in [0.2, 0.25) is 5.91 Å². The molecule has 1 saturated heterocycles. The number of rotatable bonds is 2. The van der Waals surface area contributed by atoms with Gasteiger partial charge >= 0.3 is 0 Å². The number of carbonyl (C=O) groups excluding carboxylic acids is 1. The molecule has 0 spiro atoms. The Balaban J connectivity index is 1.90. The number of hydrogen-bond acceptors (Lipinski definition) is 2. The predicted molar refractivity (Wildman–Crippen MR) is 69.7 cm³/mol. The fraction of sp³-hybridized carbons (Fsp3) is 0.167. The SMILES string of the molecule is O=C1NC(=S)N[C@@H]1Cc1c[nH]c2ccccc12. The van der Waals surface area contributed by atoms with Crippen molar-refractivity contribution in [2.75, 3.05) is 0 Å². The van der Waals surface area contributed by atoms with Gasteiger partial charge in [-0.1, -0.05) is 18.2 Å². The van der Waals surface area contributed by atoms with Crippen LogP contribution in [0.2, 0.25) is 0 Å². The van der Waals surface area contributed by atoms with E-state index in [0.29, 0.717) is 11.5 Å². The van der Waals surface area contributed by atoms with E-state index in [1.807, 2.05) is 30.5 Å². The standard InChI is InChI=1S/C12H11N3OS/c16-11-10(14-12(17)15-11)5-7-6-13-9-4-2-1-3-8(7)9/h1-4,6,10,13H,5H2,(H2,14,15,16,17)/t10-/m1/s1. The highest BCUT2D eigenvalue weighted by atomic mass is 32.1. The maximum Gasteiger partial charge on any atom is 0.249 e. The highest BCUT2D eigenvalue weighted by Crippen LogP contribution is 2.19. The summed E-state index contributed by atoms with van der Waals surface area (Å²) in [6, 6.07) is 7.78. The van der Waals surface area contributed by atoms with Gasteiger partial charge < -0.3 is 15.6 Å². The zero-order valence-corrected chi connectivity index (χ0v) is 9.80. The van der Waals surface area contributed by atoms with Crippen molar-refractivity contribution in [3.8, 4) is 0 Å². The van der Waals surface area contributed by atoms with Crippen molar-refractivity contribution in [2.24, 2.45) is 0 Å². The van der Waals surface area contributed by atoms with E-state index in [2.05, 4.69) is 15.6 Å². The van der Waals surface area contributed by atoms with E-state index in [9.17, 15) is 4.79 Å². The van der Waals surface area contributed by atoms with Crippen LogP contribution in [0.25, 0.3) is 10.9 Å². The predicted octanol–water partition coefficient (Wildman–Crippen LogP) is 1.08. The van der Waals surface area contributed by atoms with Crippen molar-refractivity contribution in [2.45, 2.75) is 12.5 Å². The van der Waals surface area contributed by atoms with Crippen molar-refractivity contribution in [1.82, 2.24) is 15.6 Å². The molecule has 1 atom stereocenters. The molecule has 3 N–H and O–H groups in total.